The van der Waals surface area contributed by atoms with Crippen molar-refractivity contribution in [1.82, 2.24) is 4.57 Å². The number of rotatable bonds is 9. The molecule has 2 heteroatoms. The summed E-state index contributed by atoms with van der Waals surface area (Å²) in [4.78, 5) is 2.40. The van der Waals surface area contributed by atoms with Gasteiger partial charge in [0, 0.05) is 44.3 Å². The predicted octanol–water partition coefficient (Wildman–Crippen LogP) is 14.8. The van der Waals surface area contributed by atoms with Gasteiger partial charge in [-0.3, -0.25) is 0 Å². The van der Waals surface area contributed by atoms with Gasteiger partial charge < -0.3 is 9.47 Å². The van der Waals surface area contributed by atoms with E-state index in [0.717, 1.165) is 29.9 Å². The van der Waals surface area contributed by atoms with Crippen LogP contribution in [-0.2, 0) is 5.41 Å². The average molecular weight is 733 g/mol. The number of hydrogen-bond donors (Lipinski definition) is 0. The zero-order valence-electron chi connectivity index (χ0n) is 32.2. The number of benzene rings is 7. The van der Waals surface area contributed by atoms with Crippen LogP contribution in [0.3, 0.4) is 0 Å². The normalized spacial score (nSPS) is 17.2. The third kappa shape index (κ3) is 5.88. The van der Waals surface area contributed by atoms with E-state index in [1.165, 1.54) is 60.8 Å². The highest BCUT2D eigenvalue weighted by Crippen LogP contribution is 2.56. The topological polar surface area (TPSA) is 8.17 Å². The molecular formula is C55H44N2. The summed E-state index contributed by atoms with van der Waals surface area (Å²) in [5.41, 5.74) is 14.6. The van der Waals surface area contributed by atoms with Crippen molar-refractivity contribution in [1.29, 1.82) is 0 Å². The van der Waals surface area contributed by atoms with Gasteiger partial charge in [-0.15, -0.1) is 0 Å². The molecule has 0 amide bonds. The molecule has 0 spiro atoms. The fourth-order valence-electron chi connectivity index (χ4n) is 9.43. The Labute approximate surface area is 335 Å². The van der Waals surface area contributed by atoms with E-state index >= 15 is 0 Å². The van der Waals surface area contributed by atoms with Crippen LogP contribution in [0, 0.1) is 0 Å². The van der Waals surface area contributed by atoms with Gasteiger partial charge in [-0.25, -0.2) is 0 Å². The highest BCUT2D eigenvalue weighted by molar-refractivity contribution is 6.09. The van der Waals surface area contributed by atoms with Crippen molar-refractivity contribution < 1.29 is 0 Å². The van der Waals surface area contributed by atoms with E-state index < -0.39 is 0 Å². The molecule has 0 radical (unpaired) electrons. The molecule has 0 aliphatic heterocycles. The first-order valence-corrected chi connectivity index (χ1v) is 20.1. The van der Waals surface area contributed by atoms with E-state index in [2.05, 4.69) is 235 Å². The second-order valence-corrected chi connectivity index (χ2v) is 15.2. The molecular weight excluding hydrogens is 689 g/mol. The van der Waals surface area contributed by atoms with Gasteiger partial charge >= 0.3 is 0 Å². The summed E-state index contributed by atoms with van der Waals surface area (Å²) in [5.74, 6) is 0. The highest BCUT2D eigenvalue weighted by atomic mass is 15.1. The van der Waals surface area contributed by atoms with Crippen molar-refractivity contribution in [2.45, 2.75) is 31.2 Å². The first kappa shape index (κ1) is 34.6. The molecule has 2 unspecified atom stereocenters. The third-order valence-corrected chi connectivity index (χ3v) is 12.0. The second-order valence-electron chi connectivity index (χ2n) is 15.2. The number of hydrogen-bond acceptors (Lipinski definition) is 1. The molecule has 10 rings (SSSR count). The van der Waals surface area contributed by atoms with Gasteiger partial charge in [0.15, 0.2) is 0 Å². The number of anilines is 3. The summed E-state index contributed by atoms with van der Waals surface area (Å²) < 4.78 is 2.51. The van der Waals surface area contributed by atoms with Gasteiger partial charge in [-0.2, -0.15) is 0 Å². The Hall–Kier alpha value is -6.90. The lowest BCUT2D eigenvalue weighted by molar-refractivity contribution is 0.645. The summed E-state index contributed by atoms with van der Waals surface area (Å²) in [5, 5.41) is 2.59. The van der Waals surface area contributed by atoms with E-state index in [-0.39, 0.29) is 5.41 Å². The molecule has 57 heavy (non-hydrogen) atoms. The van der Waals surface area contributed by atoms with E-state index in [0.29, 0.717) is 6.04 Å². The smallest absolute Gasteiger partial charge is 0.0560 e. The Balaban J connectivity index is 1.08. The van der Waals surface area contributed by atoms with Crippen LogP contribution in [0.5, 0.6) is 0 Å². The van der Waals surface area contributed by atoms with Gasteiger partial charge in [-0.05, 0) is 113 Å². The predicted molar refractivity (Wildman–Crippen MR) is 242 cm³/mol. The molecule has 7 aromatic carbocycles. The van der Waals surface area contributed by atoms with Crippen molar-refractivity contribution in [3.05, 3.63) is 235 Å². The first-order valence-electron chi connectivity index (χ1n) is 20.1. The number of fused-ring (bicyclic) bond motifs is 6. The molecule has 8 aromatic rings. The molecule has 2 aliphatic rings. The Morgan fingerprint density at radius 3 is 2.07 bits per heavy atom. The molecule has 0 saturated carbocycles. The van der Waals surface area contributed by atoms with Crippen LogP contribution in [0.2, 0.25) is 0 Å². The van der Waals surface area contributed by atoms with Gasteiger partial charge in [0.2, 0.25) is 0 Å². The highest BCUT2D eigenvalue weighted by Gasteiger charge is 2.44. The van der Waals surface area contributed by atoms with Crippen molar-refractivity contribution >= 4 is 38.9 Å². The van der Waals surface area contributed by atoms with Crippen LogP contribution in [0.15, 0.2) is 218 Å². The number of nitrogens with zero attached hydrogens (tertiary/aromatic N) is 2. The fraction of sp³-hybridized carbons (Fsp3) is 0.0909. The molecule has 1 heterocycles. The molecule has 2 nitrogen and oxygen atoms in total. The lowest BCUT2D eigenvalue weighted by atomic mass is 9.70. The van der Waals surface area contributed by atoms with E-state index in [1.54, 1.807) is 0 Å². The van der Waals surface area contributed by atoms with Crippen LogP contribution in [0.1, 0.15) is 42.5 Å². The van der Waals surface area contributed by atoms with Gasteiger partial charge in [0.1, 0.15) is 0 Å². The largest absolute Gasteiger partial charge is 0.333 e. The van der Waals surface area contributed by atoms with Crippen LogP contribution >= 0.6 is 0 Å². The van der Waals surface area contributed by atoms with Crippen molar-refractivity contribution in [2.24, 2.45) is 0 Å². The van der Waals surface area contributed by atoms with Crippen LogP contribution in [-0.4, -0.2) is 4.57 Å². The number of allylic oxidation sites excluding steroid dienone is 8. The van der Waals surface area contributed by atoms with Gasteiger partial charge in [-0.1, -0.05) is 164 Å². The van der Waals surface area contributed by atoms with E-state index in [4.69, 9.17) is 0 Å². The molecule has 0 bridgehead atoms. The van der Waals surface area contributed by atoms with Gasteiger partial charge in [0.25, 0.3) is 0 Å². The average Bonchev–Trinajstić information content (AvgIpc) is 3.76. The SMILES string of the molecule is C/C=C\C=C/CC1(c2ccccc2)c2ccccc2-c2ccc(N(c3ccccc3)c3ccc(-c4ccc5c(c4)c4ccccc4n5C4C=CC=CC4)cc3)cc21. The quantitative estimate of drug-likeness (QED) is 0.134. The van der Waals surface area contributed by atoms with Crippen LogP contribution in [0.25, 0.3) is 44.1 Å². The molecule has 2 atom stereocenters. The van der Waals surface area contributed by atoms with Crippen LogP contribution < -0.4 is 4.90 Å². The zero-order valence-corrected chi connectivity index (χ0v) is 32.2. The minimum absolute atomic E-state index is 0.312. The summed E-state index contributed by atoms with van der Waals surface area (Å²) in [7, 11) is 0. The summed E-state index contributed by atoms with van der Waals surface area (Å²) in [6, 6.07) is 63.2. The Kier molecular flexibility index (Phi) is 8.88. The molecule has 0 fully saturated rings. The maximum absolute atomic E-state index is 2.51. The summed E-state index contributed by atoms with van der Waals surface area (Å²) >= 11 is 0. The molecule has 0 N–H and O–H groups in total. The van der Waals surface area contributed by atoms with Crippen LogP contribution in [0.4, 0.5) is 17.1 Å². The number of para-hydroxylation sites is 2. The Morgan fingerprint density at radius 1 is 0.579 bits per heavy atom. The fourth-order valence-corrected chi connectivity index (χ4v) is 9.43. The minimum atomic E-state index is -0.334. The maximum Gasteiger partial charge on any atom is 0.0560 e. The summed E-state index contributed by atoms with van der Waals surface area (Å²) in [6.07, 6.45) is 19.5. The van der Waals surface area contributed by atoms with Crippen molar-refractivity contribution in [2.75, 3.05) is 4.90 Å². The Bertz CT molecular complexity index is 2850. The van der Waals surface area contributed by atoms with Gasteiger partial charge in [0.05, 0.1) is 6.04 Å². The maximum atomic E-state index is 2.51. The zero-order chi connectivity index (χ0) is 38.2. The van der Waals surface area contributed by atoms with Crippen molar-refractivity contribution in [3.63, 3.8) is 0 Å². The third-order valence-electron chi connectivity index (χ3n) is 12.0. The minimum Gasteiger partial charge on any atom is -0.333 e. The van der Waals surface area contributed by atoms with E-state index in [1.807, 2.05) is 0 Å². The van der Waals surface area contributed by atoms with Crippen molar-refractivity contribution in [3.8, 4) is 22.3 Å². The lowest BCUT2D eigenvalue weighted by Crippen LogP contribution is -2.26. The lowest BCUT2D eigenvalue weighted by Gasteiger charge is -2.33. The molecule has 1 aromatic heterocycles. The molecule has 0 saturated heterocycles. The number of aromatic nitrogens is 1. The molecule has 274 valence electrons. The monoisotopic (exact) mass is 732 g/mol. The standard InChI is InChI=1S/C55H44N2/c1-2-3-4-18-37-55(42-19-8-5-9-20-42)51-27-16-14-25-47(51)48-35-34-46(39-52(48)55)56(43-21-10-6-11-22-43)45-32-29-40(30-33-45)41-31-36-54-50(38-41)49-26-15-17-28-53(49)57(54)44-23-12-7-13-24-44/h2-23,25-36,38-39,44H,24,37H2,1H3/b3-2-,18-4-. The Morgan fingerprint density at radius 2 is 1.26 bits per heavy atom. The van der Waals surface area contributed by atoms with E-state index in [9.17, 15) is 0 Å². The molecule has 2 aliphatic carbocycles. The summed E-state index contributed by atoms with van der Waals surface area (Å²) in [6.45, 7) is 2.07. The second kappa shape index (κ2) is 14.6. The first-order chi connectivity index (χ1) is 28.2.